The molecule has 1 saturated heterocycles. The van der Waals surface area contributed by atoms with E-state index in [9.17, 15) is 14.7 Å². The summed E-state index contributed by atoms with van der Waals surface area (Å²) < 4.78 is 11.4. The van der Waals surface area contributed by atoms with Crippen molar-refractivity contribution in [3.63, 3.8) is 0 Å². The first-order valence-electron chi connectivity index (χ1n) is 11.3. The van der Waals surface area contributed by atoms with E-state index in [0.29, 0.717) is 42.3 Å². The van der Waals surface area contributed by atoms with Crippen LogP contribution in [-0.4, -0.2) is 56.5 Å². The van der Waals surface area contributed by atoms with Gasteiger partial charge in [0.1, 0.15) is 11.5 Å². The van der Waals surface area contributed by atoms with Crippen molar-refractivity contribution in [3.05, 3.63) is 65.2 Å². The lowest BCUT2D eigenvalue weighted by molar-refractivity contribution is -0.857. The van der Waals surface area contributed by atoms with E-state index in [1.54, 1.807) is 30.3 Å². The van der Waals surface area contributed by atoms with Crippen molar-refractivity contribution in [2.75, 3.05) is 33.8 Å². The number of quaternary nitrogens is 1. The zero-order valence-corrected chi connectivity index (χ0v) is 19.9. The van der Waals surface area contributed by atoms with Crippen LogP contribution < -0.4 is 19.5 Å². The zero-order valence-electron chi connectivity index (χ0n) is 19.9. The van der Waals surface area contributed by atoms with Gasteiger partial charge in [0.15, 0.2) is 0 Å². The molecule has 0 radical (unpaired) electrons. The van der Waals surface area contributed by atoms with Gasteiger partial charge in [-0.15, -0.1) is 0 Å². The lowest BCUT2D eigenvalue weighted by Crippen LogP contribution is -3.06. The zero-order chi connectivity index (χ0) is 24.1. The van der Waals surface area contributed by atoms with E-state index in [1.165, 1.54) is 4.90 Å². The summed E-state index contributed by atoms with van der Waals surface area (Å²) in [5.74, 6) is -0.682. The van der Waals surface area contributed by atoms with Gasteiger partial charge in [-0.05, 0) is 44.5 Å². The van der Waals surface area contributed by atoms with E-state index < -0.39 is 23.5 Å². The Bertz CT molecular complexity index is 1030. The molecule has 0 bridgehead atoms. The number of likely N-dealkylation sites (N-methyl/N-ethyl adjacent to an activating group) is 1. The first-order valence-corrected chi connectivity index (χ1v) is 11.3. The molecule has 1 aliphatic heterocycles. The highest BCUT2D eigenvalue weighted by molar-refractivity contribution is 6.46. The summed E-state index contributed by atoms with van der Waals surface area (Å²) in [6, 6.07) is 13.1. The van der Waals surface area contributed by atoms with Crippen LogP contribution in [0.15, 0.2) is 54.1 Å². The summed E-state index contributed by atoms with van der Waals surface area (Å²) in [6.07, 6.45) is 0.00166. The van der Waals surface area contributed by atoms with Crippen LogP contribution in [0.5, 0.6) is 11.5 Å². The van der Waals surface area contributed by atoms with Gasteiger partial charge in [0.25, 0.3) is 5.91 Å². The number of carbonyl (C=O) groups excluding carboxylic acids is 2. The van der Waals surface area contributed by atoms with Gasteiger partial charge in [-0.2, -0.15) is 0 Å². The van der Waals surface area contributed by atoms with Crippen LogP contribution in [0.4, 0.5) is 0 Å². The quantitative estimate of drug-likeness (QED) is 0.352. The van der Waals surface area contributed by atoms with Crippen LogP contribution in [0.25, 0.3) is 5.76 Å². The number of amides is 1. The SMILES string of the molecule is CCOc1ccccc1C1C(=C([O-])c2ccc(OC(C)C)cc2)C(=O)C(=O)N1CC[NH+](C)C. The largest absolute Gasteiger partial charge is 0.872 e. The molecule has 2 aromatic carbocycles. The molecule has 0 aromatic heterocycles. The van der Waals surface area contributed by atoms with E-state index >= 15 is 0 Å². The smallest absolute Gasteiger partial charge is 0.295 e. The van der Waals surface area contributed by atoms with Gasteiger partial charge < -0.3 is 24.4 Å². The summed E-state index contributed by atoms with van der Waals surface area (Å²) in [5.41, 5.74) is 0.926. The summed E-state index contributed by atoms with van der Waals surface area (Å²) in [4.78, 5) is 28.8. The number of ether oxygens (including phenoxy) is 2. The van der Waals surface area contributed by atoms with Crippen LogP contribution in [0.2, 0.25) is 0 Å². The lowest BCUT2D eigenvalue weighted by Gasteiger charge is -2.29. The number of Topliss-reactive ketones (excluding diaryl/α,β-unsaturated/α-hetero) is 1. The number of benzene rings is 2. The van der Waals surface area contributed by atoms with Crippen molar-refractivity contribution >= 4 is 17.4 Å². The van der Waals surface area contributed by atoms with Gasteiger partial charge in [0, 0.05) is 11.1 Å². The van der Waals surface area contributed by atoms with E-state index in [4.69, 9.17) is 9.47 Å². The monoisotopic (exact) mass is 452 g/mol. The summed E-state index contributed by atoms with van der Waals surface area (Å²) in [6.45, 7) is 7.11. The average molecular weight is 453 g/mol. The Labute approximate surface area is 195 Å². The van der Waals surface area contributed by atoms with Gasteiger partial charge in [-0.1, -0.05) is 36.1 Å². The van der Waals surface area contributed by atoms with Crippen molar-refractivity contribution in [1.82, 2.24) is 4.90 Å². The Hall–Kier alpha value is -3.32. The molecule has 0 saturated carbocycles. The van der Waals surface area contributed by atoms with Crippen LogP contribution in [0.3, 0.4) is 0 Å². The number of hydrogen-bond donors (Lipinski definition) is 1. The lowest BCUT2D eigenvalue weighted by atomic mass is 9.94. The van der Waals surface area contributed by atoms with E-state index in [2.05, 4.69) is 0 Å². The summed E-state index contributed by atoms with van der Waals surface area (Å²) in [5, 5.41) is 13.5. The molecule has 0 spiro atoms. The minimum atomic E-state index is -0.800. The number of likely N-dealkylation sites (tertiary alicyclic amines) is 1. The number of carbonyl (C=O) groups is 2. The number of para-hydroxylation sites is 1. The molecular formula is C26H32N2O5. The Morgan fingerprint density at radius 2 is 1.76 bits per heavy atom. The second-order valence-electron chi connectivity index (χ2n) is 8.59. The van der Waals surface area contributed by atoms with Gasteiger partial charge in [0.2, 0.25) is 5.78 Å². The maximum Gasteiger partial charge on any atom is 0.295 e. The third kappa shape index (κ3) is 5.37. The normalized spacial score (nSPS) is 17.8. The molecule has 3 rings (SSSR count). The van der Waals surface area contributed by atoms with Crippen molar-refractivity contribution < 1.29 is 29.1 Å². The maximum atomic E-state index is 13.5. The Morgan fingerprint density at radius 1 is 1.09 bits per heavy atom. The topological polar surface area (TPSA) is 83.3 Å². The highest BCUT2D eigenvalue weighted by Crippen LogP contribution is 2.42. The number of hydrogen-bond acceptors (Lipinski definition) is 5. The molecule has 1 N–H and O–H groups in total. The number of rotatable bonds is 9. The van der Waals surface area contributed by atoms with Crippen molar-refractivity contribution in [2.45, 2.75) is 32.9 Å². The Kier molecular flexibility index (Phi) is 7.76. The van der Waals surface area contributed by atoms with Gasteiger partial charge in [0.05, 0.1) is 45.9 Å². The fourth-order valence-corrected chi connectivity index (χ4v) is 3.87. The molecule has 176 valence electrons. The first-order chi connectivity index (χ1) is 15.7. The summed E-state index contributed by atoms with van der Waals surface area (Å²) in [7, 11) is 3.95. The van der Waals surface area contributed by atoms with E-state index in [1.807, 2.05) is 53.1 Å². The molecule has 1 fully saturated rings. The predicted molar refractivity (Wildman–Crippen MR) is 124 cm³/mol. The predicted octanol–water partition coefficient (Wildman–Crippen LogP) is 1.24. The third-order valence-corrected chi connectivity index (χ3v) is 5.38. The fourth-order valence-electron chi connectivity index (χ4n) is 3.87. The number of nitrogens with one attached hydrogen (secondary N) is 1. The van der Waals surface area contributed by atoms with Crippen LogP contribution in [0, 0.1) is 0 Å². The molecule has 1 heterocycles. The minimum Gasteiger partial charge on any atom is -0.872 e. The average Bonchev–Trinajstić information content (AvgIpc) is 3.02. The van der Waals surface area contributed by atoms with Crippen molar-refractivity contribution in [1.29, 1.82) is 0 Å². The second kappa shape index (κ2) is 10.5. The third-order valence-electron chi connectivity index (χ3n) is 5.38. The van der Waals surface area contributed by atoms with Crippen LogP contribution in [0.1, 0.15) is 37.9 Å². The van der Waals surface area contributed by atoms with Crippen molar-refractivity contribution in [3.8, 4) is 11.5 Å². The standard InChI is InChI=1S/C26H32N2O5/c1-6-32-21-10-8-7-9-20(21)23-22(25(30)26(31)28(23)16-15-27(4)5)24(29)18-11-13-19(14-12-18)33-17(2)3/h7-14,17,23,29H,6,15-16H2,1-5H3. The molecular weight excluding hydrogens is 420 g/mol. The molecule has 1 aliphatic rings. The van der Waals surface area contributed by atoms with E-state index in [-0.39, 0.29) is 11.7 Å². The molecule has 1 unspecified atom stereocenters. The Morgan fingerprint density at radius 3 is 2.36 bits per heavy atom. The number of ketones is 1. The van der Waals surface area contributed by atoms with Gasteiger partial charge >= 0.3 is 0 Å². The molecule has 7 nitrogen and oxygen atoms in total. The van der Waals surface area contributed by atoms with Gasteiger partial charge in [-0.25, -0.2) is 0 Å². The first kappa shape index (κ1) is 24.3. The van der Waals surface area contributed by atoms with Crippen LogP contribution >= 0.6 is 0 Å². The van der Waals surface area contributed by atoms with Crippen molar-refractivity contribution in [2.24, 2.45) is 0 Å². The second-order valence-corrected chi connectivity index (χ2v) is 8.59. The molecule has 7 heteroatoms. The Balaban J connectivity index is 2.12. The molecule has 33 heavy (non-hydrogen) atoms. The molecule has 1 atom stereocenters. The highest BCUT2D eigenvalue weighted by Gasteiger charge is 2.45. The maximum absolute atomic E-state index is 13.5. The van der Waals surface area contributed by atoms with Crippen LogP contribution in [-0.2, 0) is 9.59 Å². The molecule has 1 amide bonds. The molecule has 2 aromatic rings. The minimum absolute atomic E-state index is 0.00166. The molecule has 0 aliphatic carbocycles. The fraction of sp³-hybridized carbons (Fsp3) is 0.385. The van der Waals surface area contributed by atoms with Gasteiger partial charge in [-0.3, -0.25) is 9.59 Å². The summed E-state index contributed by atoms with van der Waals surface area (Å²) >= 11 is 0. The highest BCUT2D eigenvalue weighted by atomic mass is 16.5. The van der Waals surface area contributed by atoms with E-state index in [0.717, 1.165) is 4.90 Å². The number of nitrogens with zero attached hydrogens (tertiary/aromatic N) is 1.